The Bertz CT molecular complexity index is 464. The SMILES string of the molecule is Nc1ccc(Cl)cc1C(=NC1CC1)C(F)(F)F. The van der Waals surface area contributed by atoms with Crippen molar-refractivity contribution in [2.24, 2.45) is 4.99 Å². The fourth-order valence-corrected chi connectivity index (χ4v) is 1.59. The lowest BCUT2D eigenvalue weighted by Crippen LogP contribution is -2.25. The molecule has 0 aromatic heterocycles. The molecule has 1 aliphatic rings. The van der Waals surface area contributed by atoms with Gasteiger partial charge in [0.25, 0.3) is 0 Å². The lowest BCUT2D eigenvalue weighted by Gasteiger charge is -2.13. The zero-order chi connectivity index (χ0) is 12.6. The van der Waals surface area contributed by atoms with Crippen molar-refractivity contribution in [1.29, 1.82) is 0 Å². The van der Waals surface area contributed by atoms with E-state index in [1.54, 1.807) is 0 Å². The van der Waals surface area contributed by atoms with Gasteiger partial charge in [-0.25, -0.2) is 0 Å². The van der Waals surface area contributed by atoms with Gasteiger partial charge in [0.05, 0.1) is 6.04 Å². The quantitative estimate of drug-likeness (QED) is 0.643. The van der Waals surface area contributed by atoms with Crippen molar-refractivity contribution in [3.63, 3.8) is 0 Å². The molecule has 0 bridgehead atoms. The number of hydrogen-bond acceptors (Lipinski definition) is 2. The van der Waals surface area contributed by atoms with Gasteiger partial charge in [-0.05, 0) is 31.0 Å². The summed E-state index contributed by atoms with van der Waals surface area (Å²) in [6.07, 6.45) is -3.12. The zero-order valence-electron chi connectivity index (χ0n) is 8.76. The molecule has 92 valence electrons. The van der Waals surface area contributed by atoms with Gasteiger partial charge in [-0.15, -0.1) is 0 Å². The van der Waals surface area contributed by atoms with E-state index in [-0.39, 0.29) is 22.3 Å². The molecule has 17 heavy (non-hydrogen) atoms. The van der Waals surface area contributed by atoms with E-state index in [0.717, 1.165) is 0 Å². The summed E-state index contributed by atoms with van der Waals surface area (Å²) in [6.45, 7) is 0. The van der Waals surface area contributed by atoms with Crippen molar-refractivity contribution < 1.29 is 13.2 Å². The highest BCUT2D eigenvalue weighted by molar-refractivity contribution is 6.31. The summed E-state index contributed by atoms with van der Waals surface area (Å²) in [5.41, 5.74) is 4.50. The Balaban J connectivity index is 2.48. The summed E-state index contributed by atoms with van der Waals surface area (Å²) in [7, 11) is 0. The molecule has 2 N–H and O–H groups in total. The largest absolute Gasteiger partial charge is 0.433 e. The topological polar surface area (TPSA) is 38.4 Å². The van der Waals surface area contributed by atoms with E-state index in [2.05, 4.69) is 4.99 Å². The highest BCUT2D eigenvalue weighted by Crippen LogP contribution is 2.32. The summed E-state index contributed by atoms with van der Waals surface area (Å²) in [5, 5.41) is 0.210. The third kappa shape index (κ3) is 2.91. The predicted molar refractivity (Wildman–Crippen MR) is 61.5 cm³/mol. The number of nitrogen functional groups attached to an aromatic ring is 1. The first-order valence-electron chi connectivity index (χ1n) is 5.08. The van der Waals surface area contributed by atoms with Crippen LogP contribution in [0.5, 0.6) is 0 Å². The second-order valence-electron chi connectivity index (χ2n) is 3.94. The second-order valence-corrected chi connectivity index (χ2v) is 4.37. The maximum atomic E-state index is 12.9. The van der Waals surface area contributed by atoms with Gasteiger partial charge in [0.2, 0.25) is 0 Å². The Hall–Kier alpha value is -1.23. The van der Waals surface area contributed by atoms with E-state index in [9.17, 15) is 13.2 Å². The smallest absolute Gasteiger partial charge is 0.398 e. The normalized spacial score (nSPS) is 17.3. The maximum Gasteiger partial charge on any atom is 0.433 e. The number of benzene rings is 1. The van der Waals surface area contributed by atoms with Gasteiger partial charge in [-0.3, -0.25) is 4.99 Å². The molecule has 1 aromatic carbocycles. The Morgan fingerprint density at radius 2 is 2.00 bits per heavy atom. The molecular weight excluding hydrogens is 253 g/mol. The molecule has 0 spiro atoms. The molecule has 0 radical (unpaired) electrons. The first-order chi connectivity index (χ1) is 7.88. The Morgan fingerprint density at radius 1 is 1.35 bits per heavy atom. The van der Waals surface area contributed by atoms with Gasteiger partial charge in [0.1, 0.15) is 5.71 Å². The maximum absolute atomic E-state index is 12.9. The zero-order valence-corrected chi connectivity index (χ0v) is 9.52. The van der Waals surface area contributed by atoms with Crippen LogP contribution < -0.4 is 5.73 Å². The number of nitrogens with zero attached hydrogens (tertiary/aromatic N) is 1. The lowest BCUT2D eigenvalue weighted by molar-refractivity contribution is -0.0582. The minimum atomic E-state index is -4.51. The minimum Gasteiger partial charge on any atom is -0.398 e. The molecule has 0 saturated heterocycles. The fraction of sp³-hybridized carbons (Fsp3) is 0.364. The summed E-state index contributed by atoms with van der Waals surface area (Å²) < 4.78 is 38.6. The fourth-order valence-electron chi connectivity index (χ4n) is 1.42. The number of rotatable bonds is 2. The molecular formula is C11H10ClF3N2. The van der Waals surface area contributed by atoms with E-state index in [4.69, 9.17) is 17.3 Å². The third-order valence-electron chi connectivity index (χ3n) is 2.40. The number of alkyl halides is 3. The average Bonchev–Trinajstić information content (AvgIpc) is 3.00. The number of anilines is 1. The Morgan fingerprint density at radius 3 is 2.53 bits per heavy atom. The third-order valence-corrected chi connectivity index (χ3v) is 2.63. The molecule has 1 aliphatic carbocycles. The highest BCUT2D eigenvalue weighted by Gasteiger charge is 2.39. The van der Waals surface area contributed by atoms with Crippen LogP contribution in [-0.2, 0) is 0 Å². The molecule has 0 heterocycles. The molecule has 2 nitrogen and oxygen atoms in total. The van der Waals surface area contributed by atoms with Crippen molar-refractivity contribution in [1.82, 2.24) is 0 Å². The number of hydrogen-bond donors (Lipinski definition) is 1. The van der Waals surface area contributed by atoms with Crippen LogP contribution >= 0.6 is 11.6 Å². The molecule has 6 heteroatoms. The molecule has 0 amide bonds. The number of aliphatic imine (C=N–C) groups is 1. The molecule has 0 unspecified atom stereocenters. The summed E-state index contributed by atoms with van der Waals surface area (Å²) in [4.78, 5) is 3.68. The van der Waals surface area contributed by atoms with Crippen LogP contribution in [-0.4, -0.2) is 17.9 Å². The van der Waals surface area contributed by atoms with Crippen LogP contribution in [0.25, 0.3) is 0 Å². The van der Waals surface area contributed by atoms with Crippen molar-refractivity contribution in [2.45, 2.75) is 25.1 Å². The summed E-state index contributed by atoms with van der Waals surface area (Å²) in [5.74, 6) is 0. The lowest BCUT2D eigenvalue weighted by atomic mass is 10.1. The van der Waals surface area contributed by atoms with E-state index >= 15 is 0 Å². The van der Waals surface area contributed by atoms with Crippen LogP contribution in [0.4, 0.5) is 18.9 Å². The highest BCUT2D eigenvalue weighted by atomic mass is 35.5. The Kier molecular flexibility index (Phi) is 3.03. The summed E-state index contributed by atoms with van der Waals surface area (Å²) >= 11 is 5.69. The van der Waals surface area contributed by atoms with E-state index < -0.39 is 11.9 Å². The summed E-state index contributed by atoms with van der Waals surface area (Å²) in [6, 6.07) is 3.77. The van der Waals surface area contributed by atoms with Gasteiger partial charge >= 0.3 is 6.18 Å². The van der Waals surface area contributed by atoms with Crippen molar-refractivity contribution in [3.8, 4) is 0 Å². The van der Waals surface area contributed by atoms with Crippen LogP contribution in [0.3, 0.4) is 0 Å². The molecule has 0 aliphatic heterocycles. The standard InChI is InChI=1S/C11H10ClF3N2/c12-6-1-4-9(16)8(5-6)10(11(13,14)15)17-7-2-3-7/h1,4-5,7H,2-3,16H2. The molecule has 2 rings (SSSR count). The van der Waals surface area contributed by atoms with E-state index in [1.165, 1.54) is 18.2 Å². The van der Waals surface area contributed by atoms with Gasteiger partial charge < -0.3 is 5.73 Å². The van der Waals surface area contributed by atoms with Crippen LogP contribution in [0.15, 0.2) is 23.2 Å². The number of halogens is 4. The molecule has 1 fully saturated rings. The van der Waals surface area contributed by atoms with Crippen molar-refractivity contribution in [2.75, 3.05) is 5.73 Å². The van der Waals surface area contributed by atoms with Crippen LogP contribution in [0, 0.1) is 0 Å². The monoisotopic (exact) mass is 262 g/mol. The molecule has 0 atom stereocenters. The first-order valence-corrected chi connectivity index (χ1v) is 5.46. The number of nitrogens with two attached hydrogens (primary N) is 1. The minimum absolute atomic E-state index is 0.0334. The van der Waals surface area contributed by atoms with E-state index in [1.807, 2.05) is 0 Å². The van der Waals surface area contributed by atoms with Gasteiger partial charge in [-0.1, -0.05) is 11.6 Å². The van der Waals surface area contributed by atoms with E-state index in [0.29, 0.717) is 12.8 Å². The average molecular weight is 263 g/mol. The van der Waals surface area contributed by atoms with Crippen LogP contribution in [0.2, 0.25) is 5.02 Å². The Labute approximate surface area is 101 Å². The van der Waals surface area contributed by atoms with Crippen LogP contribution in [0.1, 0.15) is 18.4 Å². The molecule has 1 aromatic rings. The van der Waals surface area contributed by atoms with Gasteiger partial charge in [0.15, 0.2) is 0 Å². The predicted octanol–water partition coefficient (Wildman–Crippen LogP) is 3.44. The van der Waals surface area contributed by atoms with Gasteiger partial charge in [-0.2, -0.15) is 13.2 Å². The van der Waals surface area contributed by atoms with Gasteiger partial charge in [0, 0.05) is 16.3 Å². The molecule has 1 saturated carbocycles. The first kappa shape index (κ1) is 12.2. The van der Waals surface area contributed by atoms with Crippen molar-refractivity contribution >= 4 is 23.0 Å². The van der Waals surface area contributed by atoms with Crippen molar-refractivity contribution in [3.05, 3.63) is 28.8 Å². The second kappa shape index (κ2) is 4.22.